The van der Waals surface area contributed by atoms with Crippen LogP contribution in [0.3, 0.4) is 0 Å². The van der Waals surface area contributed by atoms with Gasteiger partial charge in [0.05, 0.1) is 4.88 Å². The van der Waals surface area contributed by atoms with Crippen LogP contribution >= 0.6 is 27.3 Å². The molecule has 0 atom stereocenters. The van der Waals surface area contributed by atoms with E-state index in [4.69, 9.17) is 0 Å². The van der Waals surface area contributed by atoms with Gasteiger partial charge in [-0.25, -0.2) is 4.39 Å². The Balaban J connectivity index is 2.10. The summed E-state index contributed by atoms with van der Waals surface area (Å²) < 4.78 is 13.6. The molecule has 0 spiro atoms. The summed E-state index contributed by atoms with van der Waals surface area (Å²) in [6.07, 6.45) is 0.313. The predicted molar refractivity (Wildman–Crippen MR) is 66.5 cm³/mol. The molecular formula is C12H8BrFOS. The predicted octanol–water partition coefficient (Wildman–Crippen LogP) is 4.08. The molecule has 1 heterocycles. The van der Waals surface area contributed by atoms with Gasteiger partial charge in [-0.3, -0.25) is 4.79 Å². The zero-order chi connectivity index (χ0) is 11.5. The molecule has 0 aliphatic heterocycles. The molecule has 1 nitrogen and oxygen atoms in total. The average Bonchev–Trinajstić information content (AvgIpc) is 2.68. The number of carbonyl (C=O) groups excluding carboxylic acids is 1. The Morgan fingerprint density at radius 1 is 1.31 bits per heavy atom. The van der Waals surface area contributed by atoms with Crippen molar-refractivity contribution in [2.75, 3.05) is 0 Å². The zero-order valence-corrected chi connectivity index (χ0v) is 10.6. The molecule has 0 N–H and O–H groups in total. The molecule has 0 saturated heterocycles. The molecule has 1 aromatic carbocycles. The maximum atomic E-state index is 12.7. The Morgan fingerprint density at radius 2 is 2.00 bits per heavy atom. The lowest BCUT2D eigenvalue weighted by Gasteiger charge is -1.98. The fourth-order valence-corrected chi connectivity index (χ4v) is 2.70. The smallest absolute Gasteiger partial charge is 0.177 e. The monoisotopic (exact) mass is 298 g/mol. The molecular weight excluding hydrogens is 291 g/mol. The Bertz CT molecular complexity index is 504. The summed E-state index contributed by atoms with van der Waals surface area (Å²) in [4.78, 5) is 12.5. The van der Waals surface area contributed by atoms with Gasteiger partial charge >= 0.3 is 0 Å². The molecule has 0 radical (unpaired) electrons. The summed E-state index contributed by atoms with van der Waals surface area (Å²) in [5.41, 5.74) is 0.830. The topological polar surface area (TPSA) is 17.1 Å². The van der Waals surface area contributed by atoms with Crippen molar-refractivity contribution in [3.8, 4) is 0 Å². The highest BCUT2D eigenvalue weighted by molar-refractivity contribution is 9.10. The summed E-state index contributed by atoms with van der Waals surface area (Å²) in [6.45, 7) is 0. The minimum absolute atomic E-state index is 0.0577. The van der Waals surface area contributed by atoms with Crippen molar-refractivity contribution in [2.24, 2.45) is 0 Å². The summed E-state index contributed by atoms with van der Waals surface area (Å²) in [6, 6.07) is 7.81. The lowest BCUT2D eigenvalue weighted by Crippen LogP contribution is -2.00. The van der Waals surface area contributed by atoms with Crippen molar-refractivity contribution in [2.45, 2.75) is 6.42 Å². The van der Waals surface area contributed by atoms with Crippen molar-refractivity contribution in [1.82, 2.24) is 0 Å². The van der Waals surface area contributed by atoms with E-state index in [1.807, 2.05) is 5.38 Å². The van der Waals surface area contributed by atoms with Crippen LogP contribution in [0.4, 0.5) is 4.39 Å². The van der Waals surface area contributed by atoms with Gasteiger partial charge in [0.15, 0.2) is 5.78 Å². The first-order chi connectivity index (χ1) is 7.65. The number of halogens is 2. The largest absolute Gasteiger partial charge is 0.293 e. The highest BCUT2D eigenvalue weighted by Crippen LogP contribution is 2.21. The number of ketones is 1. The fourth-order valence-electron chi connectivity index (χ4n) is 1.33. The normalized spacial score (nSPS) is 10.4. The molecule has 1 aromatic heterocycles. The van der Waals surface area contributed by atoms with Crippen LogP contribution in [0.15, 0.2) is 40.2 Å². The molecule has 2 rings (SSSR count). The molecule has 0 amide bonds. The van der Waals surface area contributed by atoms with Crippen LogP contribution in [-0.2, 0) is 6.42 Å². The van der Waals surface area contributed by atoms with Crippen LogP contribution in [0.25, 0.3) is 0 Å². The van der Waals surface area contributed by atoms with Gasteiger partial charge in [0.1, 0.15) is 5.82 Å². The van der Waals surface area contributed by atoms with Crippen molar-refractivity contribution >= 4 is 33.0 Å². The number of benzene rings is 1. The van der Waals surface area contributed by atoms with Crippen LogP contribution in [0.5, 0.6) is 0 Å². The first-order valence-electron chi connectivity index (χ1n) is 4.67. The van der Waals surface area contributed by atoms with E-state index < -0.39 is 0 Å². The molecule has 16 heavy (non-hydrogen) atoms. The lowest BCUT2D eigenvalue weighted by molar-refractivity contribution is 0.0997. The second-order valence-corrected chi connectivity index (χ2v) is 5.18. The number of carbonyl (C=O) groups is 1. The SMILES string of the molecule is O=C(Cc1ccc(F)cc1)c1cc(Br)cs1. The Labute approximate surface area is 105 Å². The quantitative estimate of drug-likeness (QED) is 0.781. The van der Waals surface area contributed by atoms with Crippen LogP contribution in [0.1, 0.15) is 15.2 Å². The zero-order valence-electron chi connectivity index (χ0n) is 8.24. The van der Waals surface area contributed by atoms with Gasteiger partial charge in [0.25, 0.3) is 0 Å². The second kappa shape index (κ2) is 4.89. The second-order valence-electron chi connectivity index (χ2n) is 3.36. The summed E-state index contributed by atoms with van der Waals surface area (Å²) in [7, 11) is 0. The van der Waals surface area contributed by atoms with E-state index in [-0.39, 0.29) is 11.6 Å². The van der Waals surface area contributed by atoms with Gasteiger partial charge in [-0.05, 0) is 39.7 Å². The third-order valence-corrected chi connectivity index (χ3v) is 3.85. The molecule has 82 valence electrons. The summed E-state index contributed by atoms with van der Waals surface area (Å²) in [5, 5.41) is 1.87. The Morgan fingerprint density at radius 3 is 2.56 bits per heavy atom. The third kappa shape index (κ3) is 2.77. The van der Waals surface area contributed by atoms with E-state index in [9.17, 15) is 9.18 Å². The van der Waals surface area contributed by atoms with Gasteiger partial charge in [-0.1, -0.05) is 12.1 Å². The van der Waals surface area contributed by atoms with Gasteiger partial charge in [-0.2, -0.15) is 0 Å². The van der Waals surface area contributed by atoms with Crippen molar-refractivity contribution < 1.29 is 9.18 Å². The van der Waals surface area contributed by atoms with Crippen molar-refractivity contribution in [1.29, 1.82) is 0 Å². The molecule has 0 saturated carbocycles. The minimum atomic E-state index is -0.282. The van der Waals surface area contributed by atoms with E-state index >= 15 is 0 Å². The third-order valence-electron chi connectivity index (χ3n) is 2.12. The molecule has 4 heteroatoms. The van der Waals surface area contributed by atoms with E-state index in [0.717, 1.165) is 14.9 Å². The molecule has 0 aliphatic rings. The van der Waals surface area contributed by atoms with Crippen LogP contribution < -0.4 is 0 Å². The molecule has 0 fully saturated rings. The van der Waals surface area contributed by atoms with Crippen LogP contribution in [0.2, 0.25) is 0 Å². The van der Waals surface area contributed by atoms with E-state index in [1.54, 1.807) is 18.2 Å². The van der Waals surface area contributed by atoms with Crippen LogP contribution in [0, 0.1) is 5.82 Å². The molecule has 0 unspecified atom stereocenters. The average molecular weight is 299 g/mol. The first kappa shape index (κ1) is 11.5. The first-order valence-corrected chi connectivity index (χ1v) is 6.34. The highest BCUT2D eigenvalue weighted by Gasteiger charge is 2.09. The van der Waals surface area contributed by atoms with Gasteiger partial charge < -0.3 is 0 Å². The highest BCUT2D eigenvalue weighted by atomic mass is 79.9. The van der Waals surface area contributed by atoms with E-state index in [0.29, 0.717) is 6.42 Å². The standard InChI is InChI=1S/C12H8BrFOS/c13-9-6-12(16-7-9)11(15)5-8-1-3-10(14)4-2-8/h1-4,6-7H,5H2. The van der Waals surface area contributed by atoms with E-state index in [2.05, 4.69) is 15.9 Å². The van der Waals surface area contributed by atoms with Crippen molar-refractivity contribution in [3.63, 3.8) is 0 Å². The minimum Gasteiger partial charge on any atom is -0.293 e. The van der Waals surface area contributed by atoms with E-state index in [1.165, 1.54) is 23.5 Å². The number of hydrogen-bond donors (Lipinski definition) is 0. The van der Waals surface area contributed by atoms with Crippen molar-refractivity contribution in [3.05, 3.63) is 56.4 Å². The fraction of sp³-hybridized carbons (Fsp3) is 0.0833. The molecule has 2 aromatic rings. The summed E-state index contributed by atoms with van der Waals surface area (Å²) >= 11 is 4.71. The number of Topliss-reactive ketones (excluding diaryl/α,β-unsaturated/α-hetero) is 1. The lowest BCUT2D eigenvalue weighted by atomic mass is 10.1. The number of rotatable bonds is 3. The van der Waals surface area contributed by atoms with Gasteiger partial charge in [-0.15, -0.1) is 11.3 Å². The Hall–Kier alpha value is -1.000. The number of hydrogen-bond acceptors (Lipinski definition) is 2. The Kier molecular flexibility index (Phi) is 3.51. The summed E-state index contributed by atoms with van der Waals surface area (Å²) in [5.74, 6) is -0.225. The number of thiophene rings is 1. The molecule has 0 aliphatic carbocycles. The molecule has 0 bridgehead atoms. The van der Waals surface area contributed by atoms with Gasteiger partial charge in [0.2, 0.25) is 0 Å². The van der Waals surface area contributed by atoms with Gasteiger partial charge in [0, 0.05) is 16.3 Å². The maximum Gasteiger partial charge on any atom is 0.177 e. The maximum absolute atomic E-state index is 12.7. The van der Waals surface area contributed by atoms with Crippen LogP contribution in [-0.4, -0.2) is 5.78 Å².